The van der Waals surface area contributed by atoms with Crippen LogP contribution >= 0.6 is 11.3 Å². The molecule has 1 N–H and O–H groups in total. The predicted octanol–water partition coefficient (Wildman–Crippen LogP) is 2.27. The van der Waals surface area contributed by atoms with E-state index in [1.807, 2.05) is 6.92 Å². The van der Waals surface area contributed by atoms with E-state index < -0.39 is 0 Å². The number of piperazine rings is 1. The Balaban J connectivity index is 1.48. The Morgan fingerprint density at radius 1 is 1.30 bits per heavy atom. The van der Waals surface area contributed by atoms with Gasteiger partial charge in [-0.05, 0) is 19.8 Å². The smallest absolute Gasteiger partial charge is 0.122 e. The van der Waals surface area contributed by atoms with Crippen molar-refractivity contribution in [3.05, 3.63) is 16.1 Å². The summed E-state index contributed by atoms with van der Waals surface area (Å²) in [5.74, 6) is 0. The highest BCUT2D eigenvalue weighted by atomic mass is 32.1. The van der Waals surface area contributed by atoms with Crippen LogP contribution in [0.15, 0.2) is 5.38 Å². The number of aliphatic hydroxyl groups excluding tert-OH is 1. The molecule has 0 spiro atoms. The highest BCUT2D eigenvalue weighted by Gasteiger charge is 2.30. The molecule has 130 valence electrons. The number of nitrogens with zero attached hydrogens (tertiary/aromatic N) is 3. The van der Waals surface area contributed by atoms with Crippen LogP contribution in [0.3, 0.4) is 0 Å². The molecule has 3 rings (SSSR count). The number of rotatable bonds is 5. The van der Waals surface area contributed by atoms with Crippen molar-refractivity contribution in [1.82, 2.24) is 14.8 Å². The number of ether oxygens (including phenoxy) is 1. The zero-order chi connectivity index (χ0) is 16.2. The first-order valence-electron chi connectivity index (χ1n) is 8.79. The third kappa shape index (κ3) is 4.31. The van der Waals surface area contributed by atoms with E-state index >= 15 is 0 Å². The molecule has 2 fully saturated rings. The fourth-order valence-corrected chi connectivity index (χ4v) is 4.52. The number of aromatic nitrogens is 1. The van der Waals surface area contributed by atoms with Crippen LogP contribution in [0.1, 0.15) is 49.4 Å². The summed E-state index contributed by atoms with van der Waals surface area (Å²) in [7, 11) is 1.73. The molecule has 23 heavy (non-hydrogen) atoms. The lowest BCUT2D eigenvalue weighted by atomic mass is 9.91. The first-order chi connectivity index (χ1) is 11.2. The van der Waals surface area contributed by atoms with E-state index in [-0.39, 0.29) is 12.2 Å². The molecule has 3 atom stereocenters. The van der Waals surface area contributed by atoms with E-state index in [1.165, 1.54) is 12.8 Å². The number of thiazole rings is 1. The molecular weight excluding hydrogens is 310 g/mol. The Morgan fingerprint density at radius 3 is 2.74 bits per heavy atom. The molecule has 1 saturated carbocycles. The molecule has 1 aromatic rings. The van der Waals surface area contributed by atoms with Crippen molar-refractivity contribution < 1.29 is 9.84 Å². The standard InChI is InChI=1S/C17H29N3O2S/c1-13(22-2)17-18-14(12-23-17)11-19-7-9-20(10-8-19)15-5-3-4-6-16(15)21/h12-13,15-16,21H,3-11H2,1-2H3/t13-,15+,16-/m1/s1. The lowest BCUT2D eigenvalue weighted by molar-refractivity contribution is -0.00488. The SMILES string of the molecule is CO[C@H](C)c1nc(CN2CCN([C@H]3CCCC[C@H]3O)CC2)cs1. The van der Waals surface area contributed by atoms with Gasteiger partial charge in [-0.25, -0.2) is 4.98 Å². The fourth-order valence-electron chi connectivity index (χ4n) is 3.68. The molecule has 6 heteroatoms. The van der Waals surface area contributed by atoms with Crippen molar-refractivity contribution in [3.63, 3.8) is 0 Å². The third-order valence-corrected chi connectivity index (χ3v) is 6.28. The quantitative estimate of drug-likeness (QED) is 0.892. The van der Waals surface area contributed by atoms with Crippen molar-refractivity contribution in [2.45, 2.75) is 57.4 Å². The molecule has 0 aromatic carbocycles. The average molecular weight is 340 g/mol. The normalized spacial score (nSPS) is 28.8. The average Bonchev–Trinajstić information content (AvgIpc) is 3.04. The van der Waals surface area contributed by atoms with E-state index in [4.69, 9.17) is 9.72 Å². The van der Waals surface area contributed by atoms with Gasteiger partial charge in [0.15, 0.2) is 0 Å². The van der Waals surface area contributed by atoms with Crippen LogP contribution in [0.25, 0.3) is 0 Å². The molecular formula is C17H29N3O2S. The Kier molecular flexibility index (Phi) is 6.04. The number of hydrogen-bond acceptors (Lipinski definition) is 6. The summed E-state index contributed by atoms with van der Waals surface area (Å²) < 4.78 is 5.33. The van der Waals surface area contributed by atoms with Gasteiger partial charge in [-0.2, -0.15) is 0 Å². The van der Waals surface area contributed by atoms with Crippen LogP contribution in [0.4, 0.5) is 0 Å². The van der Waals surface area contributed by atoms with Crippen molar-refractivity contribution in [1.29, 1.82) is 0 Å². The largest absolute Gasteiger partial charge is 0.391 e. The maximum Gasteiger partial charge on any atom is 0.122 e. The van der Waals surface area contributed by atoms with Crippen LogP contribution in [0.5, 0.6) is 0 Å². The molecule has 5 nitrogen and oxygen atoms in total. The molecule has 0 radical (unpaired) electrons. The maximum atomic E-state index is 10.2. The Labute approximate surface area is 143 Å². The van der Waals surface area contributed by atoms with E-state index in [2.05, 4.69) is 15.2 Å². The summed E-state index contributed by atoms with van der Waals surface area (Å²) in [6.45, 7) is 7.22. The Morgan fingerprint density at radius 2 is 2.04 bits per heavy atom. The van der Waals surface area contributed by atoms with Crippen LogP contribution in [0, 0.1) is 0 Å². The second-order valence-electron chi connectivity index (χ2n) is 6.79. The topological polar surface area (TPSA) is 48.8 Å². The van der Waals surface area contributed by atoms with Gasteiger partial charge in [0.2, 0.25) is 0 Å². The first kappa shape index (κ1) is 17.3. The van der Waals surface area contributed by atoms with Crippen LogP contribution in [-0.2, 0) is 11.3 Å². The molecule has 1 saturated heterocycles. The van der Waals surface area contributed by atoms with Crippen molar-refractivity contribution >= 4 is 11.3 Å². The monoisotopic (exact) mass is 339 g/mol. The Hall–Kier alpha value is -0.530. The van der Waals surface area contributed by atoms with E-state index in [0.29, 0.717) is 6.04 Å². The number of methoxy groups -OCH3 is 1. The lowest BCUT2D eigenvalue weighted by Crippen LogP contribution is -2.54. The minimum Gasteiger partial charge on any atom is -0.391 e. The summed E-state index contributed by atoms with van der Waals surface area (Å²) >= 11 is 1.69. The van der Waals surface area contributed by atoms with Crippen LogP contribution in [-0.4, -0.2) is 65.3 Å². The van der Waals surface area contributed by atoms with Crippen molar-refractivity contribution in [2.75, 3.05) is 33.3 Å². The summed E-state index contributed by atoms with van der Waals surface area (Å²) in [4.78, 5) is 9.67. The van der Waals surface area contributed by atoms with E-state index in [9.17, 15) is 5.11 Å². The Bertz CT molecular complexity index is 488. The van der Waals surface area contributed by atoms with Crippen molar-refractivity contribution in [3.8, 4) is 0 Å². The van der Waals surface area contributed by atoms with E-state index in [0.717, 1.165) is 56.3 Å². The van der Waals surface area contributed by atoms with Gasteiger partial charge >= 0.3 is 0 Å². The van der Waals surface area contributed by atoms with Gasteiger partial charge in [-0.15, -0.1) is 11.3 Å². The number of aliphatic hydroxyl groups is 1. The summed E-state index contributed by atoms with van der Waals surface area (Å²) in [6.07, 6.45) is 4.55. The van der Waals surface area contributed by atoms with Crippen molar-refractivity contribution in [2.24, 2.45) is 0 Å². The molecule has 1 aromatic heterocycles. The minimum absolute atomic E-state index is 0.0818. The van der Waals surface area contributed by atoms with Gasteiger partial charge < -0.3 is 9.84 Å². The van der Waals surface area contributed by atoms with Gasteiger partial charge in [0, 0.05) is 51.3 Å². The maximum absolute atomic E-state index is 10.2. The predicted molar refractivity (Wildman–Crippen MR) is 92.7 cm³/mol. The van der Waals surface area contributed by atoms with Gasteiger partial charge in [-0.1, -0.05) is 12.8 Å². The second kappa shape index (κ2) is 8.03. The molecule has 2 aliphatic rings. The highest BCUT2D eigenvalue weighted by Crippen LogP contribution is 2.25. The van der Waals surface area contributed by atoms with Gasteiger partial charge in [-0.3, -0.25) is 9.80 Å². The summed E-state index contributed by atoms with van der Waals surface area (Å²) in [5.41, 5.74) is 1.15. The fraction of sp³-hybridized carbons (Fsp3) is 0.824. The van der Waals surface area contributed by atoms with Crippen LogP contribution < -0.4 is 0 Å². The summed E-state index contributed by atoms with van der Waals surface area (Å²) in [6, 6.07) is 0.388. The summed E-state index contributed by atoms with van der Waals surface area (Å²) in [5, 5.41) is 13.4. The van der Waals surface area contributed by atoms with Gasteiger partial charge in [0.05, 0.1) is 11.8 Å². The van der Waals surface area contributed by atoms with Crippen LogP contribution in [0.2, 0.25) is 0 Å². The first-order valence-corrected chi connectivity index (χ1v) is 9.67. The molecule has 0 bridgehead atoms. The number of hydrogen-bond donors (Lipinski definition) is 1. The molecule has 2 heterocycles. The highest BCUT2D eigenvalue weighted by molar-refractivity contribution is 7.09. The minimum atomic E-state index is -0.119. The lowest BCUT2D eigenvalue weighted by Gasteiger charge is -2.42. The zero-order valence-corrected chi connectivity index (χ0v) is 15.1. The second-order valence-corrected chi connectivity index (χ2v) is 7.68. The third-order valence-electron chi connectivity index (χ3n) is 5.23. The molecule has 1 aliphatic carbocycles. The van der Waals surface area contributed by atoms with E-state index in [1.54, 1.807) is 18.4 Å². The molecule has 0 unspecified atom stereocenters. The molecule has 0 amide bonds. The van der Waals surface area contributed by atoms with Gasteiger partial charge in [0.25, 0.3) is 0 Å². The van der Waals surface area contributed by atoms with Gasteiger partial charge in [0.1, 0.15) is 11.1 Å². The molecule has 1 aliphatic heterocycles. The zero-order valence-electron chi connectivity index (χ0n) is 14.3.